The molecule has 1 rings (SSSR count). The van der Waals surface area contributed by atoms with Crippen molar-refractivity contribution < 1.29 is 4.74 Å². The normalized spacial score (nSPS) is 11.6. The van der Waals surface area contributed by atoms with Gasteiger partial charge in [0.25, 0.3) is 0 Å². The first-order valence-corrected chi connectivity index (χ1v) is 7.13. The molecule has 18 heavy (non-hydrogen) atoms. The van der Waals surface area contributed by atoms with Gasteiger partial charge in [-0.3, -0.25) is 4.99 Å². The van der Waals surface area contributed by atoms with Crippen LogP contribution in [0.5, 0.6) is 0 Å². The Kier molecular flexibility index (Phi) is 7.80. The Morgan fingerprint density at radius 2 is 2.17 bits per heavy atom. The van der Waals surface area contributed by atoms with Crippen LogP contribution in [0, 0.1) is 0 Å². The maximum absolute atomic E-state index is 5.88. The molecule has 0 aliphatic carbocycles. The van der Waals surface area contributed by atoms with Gasteiger partial charge < -0.3 is 15.4 Å². The Labute approximate surface area is 117 Å². The van der Waals surface area contributed by atoms with Crippen molar-refractivity contribution in [2.75, 3.05) is 33.9 Å². The summed E-state index contributed by atoms with van der Waals surface area (Å²) >= 11 is 7.50. The van der Waals surface area contributed by atoms with Gasteiger partial charge in [-0.05, 0) is 25.0 Å². The van der Waals surface area contributed by atoms with E-state index in [1.165, 1.54) is 4.88 Å². The molecule has 0 fully saturated rings. The first-order chi connectivity index (χ1) is 8.76. The van der Waals surface area contributed by atoms with Crippen LogP contribution < -0.4 is 10.6 Å². The molecule has 1 heterocycles. The molecule has 6 heteroatoms. The number of guanidine groups is 1. The summed E-state index contributed by atoms with van der Waals surface area (Å²) in [5.74, 6) is 0.828. The second kappa shape index (κ2) is 9.19. The lowest BCUT2D eigenvalue weighted by Crippen LogP contribution is -2.38. The van der Waals surface area contributed by atoms with Crippen LogP contribution in [-0.4, -0.2) is 39.8 Å². The summed E-state index contributed by atoms with van der Waals surface area (Å²) in [7, 11) is 3.48. The lowest BCUT2D eigenvalue weighted by molar-refractivity contribution is 0.195. The monoisotopic (exact) mass is 289 g/mol. The van der Waals surface area contributed by atoms with Crippen LogP contribution in [0.15, 0.2) is 17.1 Å². The summed E-state index contributed by atoms with van der Waals surface area (Å²) in [6, 6.07) is 3.99. The van der Waals surface area contributed by atoms with E-state index in [-0.39, 0.29) is 0 Å². The average molecular weight is 290 g/mol. The van der Waals surface area contributed by atoms with Crippen molar-refractivity contribution in [1.82, 2.24) is 10.6 Å². The molecule has 0 atom stereocenters. The molecule has 1 aromatic heterocycles. The second-order valence-electron chi connectivity index (χ2n) is 3.73. The zero-order valence-electron chi connectivity index (χ0n) is 10.8. The topological polar surface area (TPSA) is 45.7 Å². The van der Waals surface area contributed by atoms with Crippen LogP contribution in [0.3, 0.4) is 0 Å². The van der Waals surface area contributed by atoms with Gasteiger partial charge in [-0.15, -0.1) is 11.3 Å². The van der Waals surface area contributed by atoms with E-state index >= 15 is 0 Å². The van der Waals surface area contributed by atoms with Crippen LogP contribution in [0.2, 0.25) is 4.34 Å². The molecule has 1 aromatic rings. The summed E-state index contributed by atoms with van der Waals surface area (Å²) in [5.41, 5.74) is 0. The molecule has 0 saturated heterocycles. The van der Waals surface area contributed by atoms with Gasteiger partial charge in [0.1, 0.15) is 0 Å². The fourth-order valence-electron chi connectivity index (χ4n) is 1.43. The highest BCUT2D eigenvalue weighted by molar-refractivity contribution is 7.16. The van der Waals surface area contributed by atoms with E-state index in [2.05, 4.69) is 21.7 Å². The van der Waals surface area contributed by atoms with Crippen LogP contribution >= 0.6 is 22.9 Å². The van der Waals surface area contributed by atoms with E-state index < -0.39 is 0 Å². The summed E-state index contributed by atoms with van der Waals surface area (Å²) < 4.78 is 5.83. The molecule has 102 valence electrons. The Morgan fingerprint density at radius 1 is 1.39 bits per heavy atom. The number of hydrogen-bond donors (Lipinski definition) is 2. The van der Waals surface area contributed by atoms with Crippen molar-refractivity contribution >= 4 is 28.9 Å². The van der Waals surface area contributed by atoms with Gasteiger partial charge in [0, 0.05) is 38.7 Å². The minimum Gasteiger partial charge on any atom is -0.385 e. The van der Waals surface area contributed by atoms with Crippen LogP contribution in [0.4, 0.5) is 0 Å². The number of methoxy groups -OCH3 is 1. The van der Waals surface area contributed by atoms with Gasteiger partial charge in [0.15, 0.2) is 5.96 Å². The lowest BCUT2D eigenvalue weighted by atomic mass is 10.3. The van der Waals surface area contributed by atoms with Crippen molar-refractivity contribution in [2.45, 2.75) is 12.8 Å². The van der Waals surface area contributed by atoms with Crippen LogP contribution in [0.1, 0.15) is 11.3 Å². The second-order valence-corrected chi connectivity index (χ2v) is 5.53. The Hall–Kier alpha value is -0.780. The maximum atomic E-state index is 5.88. The van der Waals surface area contributed by atoms with E-state index in [1.807, 2.05) is 6.07 Å². The summed E-state index contributed by atoms with van der Waals surface area (Å²) in [6.07, 6.45) is 1.92. The highest BCUT2D eigenvalue weighted by Crippen LogP contribution is 2.21. The molecule has 2 N–H and O–H groups in total. The number of nitrogens with one attached hydrogen (secondary N) is 2. The van der Waals surface area contributed by atoms with E-state index in [0.29, 0.717) is 0 Å². The molecule has 0 radical (unpaired) electrons. The first-order valence-electron chi connectivity index (χ1n) is 5.94. The maximum Gasteiger partial charge on any atom is 0.190 e. The number of nitrogens with zero attached hydrogens (tertiary/aromatic N) is 1. The smallest absolute Gasteiger partial charge is 0.190 e. The van der Waals surface area contributed by atoms with Crippen LogP contribution in [0.25, 0.3) is 0 Å². The van der Waals surface area contributed by atoms with Crippen molar-refractivity contribution in [2.24, 2.45) is 4.99 Å². The van der Waals surface area contributed by atoms with E-state index in [9.17, 15) is 0 Å². The van der Waals surface area contributed by atoms with Gasteiger partial charge in [-0.1, -0.05) is 11.6 Å². The molecule has 0 amide bonds. The Balaban J connectivity index is 2.15. The molecule has 0 bridgehead atoms. The number of aliphatic imine (C=N–C) groups is 1. The van der Waals surface area contributed by atoms with Gasteiger partial charge in [0.05, 0.1) is 4.34 Å². The zero-order valence-corrected chi connectivity index (χ0v) is 12.4. The molecular weight excluding hydrogens is 270 g/mol. The minimum absolute atomic E-state index is 0.762. The zero-order chi connectivity index (χ0) is 13.2. The third kappa shape index (κ3) is 6.23. The van der Waals surface area contributed by atoms with Gasteiger partial charge in [0.2, 0.25) is 0 Å². The molecule has 0 unspecified atom stereocenters. The fraction of sp³-hybridized carbons (Fsp3) is 0.583. The fourth-order valence-corrected chi connectivity index (χ4v) is 2.52. The molecule has 0 spiro atoms. The SMILES string of the molecule is CN=C(NCCCOC)NCCc1ccc(Cl)s1. The summed E-state index contributed by atoms with van der Waals surface area (Å²) in [6.45, 7) is 2.47. The summed E-state index contributed by atoms with van der Waals surface area (Å²) in [5, 5.41) is 6.50. The van der Waals surface area contributed by atoms with Gasteiger partial charge >= 0.3 is 0 Å². The minimum atomic E-state index is 0.762. The predicted octanol–water partition coefficient (Wildman–Crippen LogP) is 2.15. The number of ether oxygens (including phenoxy) is 1. The van der Waals surface area contributed by atoms with Crippen LogP contribution in [-0.2, 0) is 11.2 Å². The molecular formula is C12H20ClN3OS. The average Bonchev–Trinajstić information content (AvgIpc) is 2.78. The number of rotatable bonds is 7. The number of halogens is 1. The van der Waals surface area contributed by atoms with E-state index in [0.717, 1.165) is 42.8 Å². The van der Waals surface area contributed by atoms with Crippen molar-refractivity contribution in [3.63, 3.8) is 0 Å². The predicted molar refractivity (Wildman–Crippen MR) is 78.9 cm³/mol. The van der Waals surface area contributed by atoms with Crippen molar-refractivity contribution in [3.05, 3.63) is 21.3 Å². The lowest BCUT2D eigenvalue weighted by Gasteiger charge is -2.11. The van der Waals surface area contributed by atoms with Crippen molar-refractivity contribution in [1.29, 1.82) is 0 Å². The largest absolute Gasteiger partial charge is 0.385 e. The number of thiophene rings is 1. The molecule has 0 aliphatic heterocycles. The highest BCUT2D eigenvalue weighted by atomic mass is 35.5. The van der Waals surface area contributed by atoms with E-state index in [1.54, 1.807) is 25.5 Å². The number of hydrogen-bond acceptors (Lipinski definition) is 3. The van der Waals surface area contributed by atoms with E-state index in [4.69, 9.17) is 16.3 Å². The molecule has 0 aliphatic rings. The standard InChI is InChI=1S/C12H20ClN3OS/c1-14-12(15-7-3-9-17-2)16-8-6-10-4-5-11(13)18-10/h4-5H,3,6-9H2,1-2H3,(H2,14,15,16). The molecule has 4 nitrogen and oxygen atoms in total. The van der Waals surface area contributed by atoms with Gasteiger partial charge in [-0.25, -0.2) is 0 Å². The Bertz CT molecular complexity index is 368. The third-order valence-electron chi connectivity index (χ3n) is 2.33. The highest BCUT2D eigenvalue weighted by Gasteiger charge is 1.99. The molecule has 0 saturated carbocycles. The van der Waals surface area contributed by atoms with Gasteiger partial charge in [-0.2, -0.15) is 0 Å². The summed E-state index contributed by atoms with van der Waals surface area (Å²) in [4.78, 5) is 5.43. The third-order valence-corrected chi connectivity index (χ3v) is 3.62. The quantitative estimate of drug-likeness (QED) is 0.459. The Morgan fingerprint density at radius 3 is 2.78 bits per heavy atom. The molecule has 0 aromatic carbocycles. The first kappa shape index (κ1) is 15.3. The van der Waals surface area contributed by atoms with Crippen molar-refractivity contribution in [3.8, 4) is 0 Å².